The Labute approximate surface area is 140 Å². The van der Waals surface area contributed by atoms with Gasteiger partial charge in [-0.05, 0) is 51.9 Å². The topological polar surface area (TPSA) is 89.3 Å². The molecule has 0 aromatic heterocycles. The summed E-state index contributed by atoms with van der Waals surface area (Å²) in [6, 6.07) is 0. The Bertz CT molecular complexity index is 398. The number of hydrogen-bond acceptors (Lipinski definition) is 3. The molecule has 134 valence electrons. The van der Waals surface area contributed by atoms with E-state index in [1.54, 1.807) is 6.92 Å². The molecule has 0 aromatic rings. The highest BCUT2D eigenvalue weighted by atomic mass is 16.2. The zero-order valence-corrected chi connectivity index (χ0v) is 15.5. The minimum atomic E-state index is -0.340. The number of carbonyl (C=O) groups excluding carboxylic acids is 3. The van der Waals surface area contributed by atoms with Crippen LogP contribution in [0.4, 0.5) is 0 Å². The summed E-state index contributed by atoms with van der Waals surface area (Å²) in [6.45, 7) is 9.74. The second-order valence-corrected chi connectivity index (χ2v) is 7.66. The molecule has 0 aromatic carbocycles. The van der Waals surface area contributed by atoms with Crippen LogP contribution in [0.3, 0.4) is 0 Å². The fourth-order valence-corrected chi connectivity index (χ4v) is 2.82. The van der Waals surface area contributed by atoms with Crippen molar-refractivity contribution in [3.05, 3.63) is 0 Å². The second-order valence-electron chi connectivity index (χ2n) is 7.66. The van der Waals surface area contributed by atoms with Crippen LogP contribution >= 0.6 is 0 Å². The van der Waals surface area contributed by atoms with E-state index in [0.29, 0.717) is 32.1 Å². The molecule has 3 N–H and O–H groups in total. The minimum Gasteiger partial charge on any atom is -0.370 e. The van der Waals surface area contributed by atoms with Gasteiger partial charge in [0.2, 0.25) is 11.8 Å². The number of amides is 2. The smallest absolute Gasteiger partial charge is 0.220 e. The summed E-state index contributed by atoms with van der Waals surface area (Å²) < 4.78 is 0. The molecule has 0 fully saturated rings. The SMILES string of the molecule is CCCC(C)(C)NC(=O)CCC(C)(CCC(C)=O)CCC(N)=O. The zero-order chi connectivity index (χ0) is 18.1. The number of carbonyl (C=O) groups is 3. The van der Waals surface area contributed by atoms with Gasteiger partial charge in [0.1, 0.15) is 5.78 Å². The third kappa shape index (κ3) is 10.9. The van der Waals surface area contributed by atoms with Crippen LogP contribution in [-0.2, 0) is 14.4 Å². The van der Waals surface area contributed by atoms with Crippen molar-refractivity contribution in [3.63, 3.8) is 0 Å². The molecule has 0 saturated heterocycles. The van der Waals surface area contributed by atoms with Crippen LogP contribution in [0.2, 0.25) is 0 Å². The van der Waals surface area contributed by atoms with Crippen LogP contribution < -0.4 is 11.1 Å². The first-order valence-corrected chi connectivity index (χ1v) is 8.58. The summed E-state index contributed by atoms with van der Waals surface area (Å²) in [5.74, 6) is -0.187. The first-order chi connectivity index (χ1) is 10.5. The van der Waals surface area contributed by atoms with Crippen LogP contribution in [0.5, 0.6) is 0 Å². The number of primary amides is 1. The highest BCUT2D eigenvalue weighted by Gasteiger charge is 2.27. The van der Waals surface area contributed by atoms with Crippen molar-refractivity contribution in [2.75, 3.05) is 0 Å². The molecule has 5 nitrogen and oxygen atoms in total. The van der Waals surface area contributed by atoms with Crippen molar-refractivity contribution in [1.29, 1.82) is 0 Å². The van der Waals surface area contributed by atoms with Gasteiger partial charge in [0, 0.05) is 24.8 Å². The molecule has 0 spiro atoms. The number of rotatable bonds is 12. The van der Waals surface area contributed by atoms with E-state index in [9.17, 15) is 14.4 Å². The zero-order valence-electron chi connectivity index (χ0n) is 15.5. The first kappa shape index (κ1) is 21.6. The third-order valence-electron chi connectivity index (χ3n) is 4.36. The molecule has 1 unspecified atom stereocenters. The van der Waals surface area contributed by atoms with Crippen molar-refractivity contribution in [1.82, 2.24) is 5.32 Å². The molecule has 0 aliphatic heterocycles. The van der Waals surface area contributed by atoms with Gasteiger partial charge in [0.05, 0.1) is 0 Å². The second kappa shape index (κ2) is 9.68. The van der Waals surface area contributed by atoms with E-state index >= 15 is 0 Å². The molecule has 23 heavy (non-hydrogen) atoms. The number of ketones is 1. The number of nitrogens with two attached hydrogens (primary N) is 1. The van der Waals surface area contributed by atoms with Crippen LogP contribution in [0, 0.1) is 5.41 Å². The third-order valence-corrected chi connectivity index (χ3v) is 4.36. The van der Waals surface area contributed by atoms with E-state index in [4.69, 9.17) is 5.73 Å². The van der Waals surface area contributed by atoms with Crippen molar-refractivity contribution < 1.29 is 14.4 Å². The maximum Gasteiger partial charge on any atom is 0.220 e. The van der Waals surface area contributed by atoms with Crippen molar-refractivity contribution in [3.8, 4) is 0 Å². The highest BCUT2D eigenvalue weighted by Crippen LogP contribution is 2.34. The van der Waals surface area contributed by atoms with Gasteiger partial charge in [0.15, 0.2) is 0 Å². The summed E-state index contributed by atoms with van der Waals surface area (Å²) >= 11 is 0. The number of nitrogens with one attached hydrogen (secondary N) is 1. The lowest BCUT2D eigenvalue weighted by atomic mass is 9.76. The molecule has 0 aliphatic carbocycles. The van der Waals surface area contributed by atoms with Gasteiger partial charge in [-0.3, -0.25) is 9.59 Å². The van der Waals surface area contributed by atoms with E-state index < -0.39 is 0 Å². The van der Waals surface area contributed by atoms with E-state index in [2.05, 4.69) is 12.2 Å². The lowest BCUT2D eigenvalue weighted by Crippen LogP contribution is -2.43. The fourth-order valence-electron chi connectivity index (χ4n) is 2.82. The summed E-state index contributed by atoms with van der Waals surface area (Å²) in [5, 5.41) is 3.06. The quantitative estimate of drug-likeness (QED) is 0.577. The molecule has 0 bridgehead atoms. The van der Waals surface area contributed by atoms with E-state index in [1.807, 2.05) is 20.8 Å². The van der Waals surface area contributed by atoms with Gasteiger partial charge < -0.3 is 15.8 Å². The van der Waals surface area contributed by atoms with E-state index in [1.165, 1.54) is 0 Å². The van der Waals surface area contributed by atoms with E-state index in [-0.39, 0.29) is 35.0 Å². The van der Waals surface area contributed by atoms with Crippen LogP contribution in [0.1, 0.15) is 86.0 Å². The van der Waals surface area contributed by atoms with Gasteiger partial charge in [0.25, 0.3) is 0 Å². The van der Waals surface area contributed by atoms with Gasteiger partial charge >= 0.3 is 0 Å². The predicted octanol–water partition coefficient (Wildman–Crippen LogP) is 3.10. The highest BCUT2D eigenvalue weighted by molar-refractivity contribution is 5.77. The van der Waals surface area contributed by atoms with E-state index in [0.717, 1.165) is 12.8 Å². The normalized spacial score (nSPS) is 14.1. The monoisotopic (exact) mass is 326 g/mol. The minimum absolute atomic E-state index is 0.0246. The molecule has 0 aliphatic rings. The summed E-state index contributed by atoms with van der Waals surface area (Å²) in [4.78, 5) is 34.5. The van der Waals surface area contributed by atoms with Crippen LogP contribution in [0.25, 0.3) is 0 Å². The summed E-state index contributed by atoms with van der Waals surface area (Å²) in [7, 11) is 0. The van der Waals surface area contributed by atoms with Crippen molar-refractivity contribution >= 4 is 17.6 Å². The Balaban J connectivity index is 4.60. The van der Waals surface area contributed by atoms with Crippen molar-refractivity contribution in [2.24, 2.45) is 11.1 Å². The Morgan fingerprint density at radius 2 is 1.43 bits per heavy atom. The van der Waals surface area contributed by atoms with Gasteiger partial charge in [-0.25, -0.2) is 0 Å². The Kier molecular flexibility index (Phi) is 9.10. The lowest BCUT2D eigenvalue weighted by molar-refractivity contribution is -0.123. The Morgan fingerprint density at radius 1 is 0.913 bits per heavy atom. The predicted molar refractivity (Wildman–Crippen MR) is 92.8 cm³/mol. The maximum absolute atomic E-state index is 12.2. The van der Waals surface area contributed by atoms with Gasteiger partial charge in [-0.15, -0.1) is 0 Å². The standard InChI is InChI=1S/C18H34N2O3/c1-6-10-17(3,4)20-16(23)9-13-18(5,11-7-14(2)21)12-8-15(19)22/h6-13H2,1-5H3,(H2,19,22)(H,20,23). The largest absolute Gasteiger partial charge is 0.370 e. The van der Waals surface area contributed by atoms with Gasteiger partial charge in [-0.2, -0.15) is 0 Å². The molecule has 0 saturated carbocycles. The van der Waals surface area contributed by atoms with Crippen LogP contribution in [0.15, 0.2) is 0 Å². The average Bonchev–Trinajstić information content (AvgIpc) is 2.40. The lowest BCUT2D eigenvalue weighted by Gasteiger charge is -2.30. The summed E-state index contributed by atoms with van der Waals surface area (Å²) in [5.41, 5.74) is 4.83. The Hall–Kier alpha value is -1.39. The van der Waals surface area contributed by atoms with Crippen molar-refractivity contribution in [2.45, 2.75) is 91.5 Å². The molecule has 0 rings (SSSR count). The maximum atomic E-state index is 12.2. The Morgan fingerprint density at radius 3 is 1.91 bits per heavy atom. The molecule has 2 amide bonds. The molecule has 0 radical (unpaired) electrons. The molecule has 1 atom stereocenters. The number of hydrogen-bond donors (Lipinski definition) is 2. The molecule has 5 heteroatoms. The summed E-state index contributed by atoms with van der Waals surface area (Å²) in [6.07, 6.45) is 5.06. The average molecular weight is 326 g/mol. The first-order valence-electron chi connectivity index (χ1n) is 8.58. The molecular formula is C18H34N2O3. The molecule has 0 heterocycles. The molecular weight excluding hydrogens is 292 g/mol. The fraction of sp³-hybridized carbons (Fsp3) is 0.833. The van der Waals surface area contributed by atoms with Crippen LogP contribution in [-0.4, -0.2) is 23.1 Å². The van der Waals surface area contributed by atoms with Gasteiger partial charge in [-0.1, -0.05) is 20.3 Å². The number of Topliss-reactive ketones (excluding diaryl/α,β-unsaturated/α-hetero) is 1.